The molecular formula is C15H25N3O2S. The second-order valence-corrected chi connectivity index (χ2v) is 7.87. The number of anilines is 1. The number of nitrogens with zero attached hydrogens (tertiary/aromatic N) is 3. The van der Waals surface area contributed by atoms with E-state index in [1.807, 2.05) is 20.8 Å². The van der Waals surface area contributed by atoms with E-state index in [4.69, 9.17) is 0 Å². The van der Waals surface area contributed by atoms with E-state index in [9.17, 15) is 9.90 Å². The zero-order chi connectivity index (χ0) is 15.8. The van der Waals surface area contributed by atoms with Gasteiger partial charge in [0.25, 0.3) is 0 Å². The van der Waals surface area contributed by atoms with E-state index >= 15 is 0 Å². The maximum Gasteiger partial charge on any atom is 0.347 e. The van der Waals surface area contributed by atoms with Gasteiger partial charge in [-0.05, 0) is 26.9 Å². The van der Waals surface area contributed by atoms with Crippen LogP contribution in [0, 0.1) is 0 Å². The molecule has 1 aliphatic rings. The van der Waals surface area contributed by atoms with Crippen LogP contribution >= 0.6 is 11.3 Å². The van der Waals surface area contributed by atoms with Crippen LogP contribution in [0.2, 0.25) is 0 Å². The third-order valence-electron chi connectivity index (χ3n) is 3.81. The van der Waals surface area contributed by atoms with E-state index in [0.29, 0.717) is 16.6 Å². The van der Waals surface area contributed by atoms with E-state index < -0.39 is 5.97 Å². The topological polar surface area (TPSA) is 56.7 Å². The van der Waals surface area contributed by atoms with Crippen LogP contribution in [0.4, 0.5) is 5.13 Å². The summed E-state index contributed by atoms with van der Waals surface area (Å²) >= 11 is 1.31. The van der Waals surface area contributed by atoms with Crippen molar-refractivity contribution in [3.63, 3.8) is 0 Å². The lowest BCUT2D eigenvalue weighted by Crippen LogP contribution is -2.38. The number of hydrogen-bond acceptors (Lipinski definition) is 5. The fourth-order valence-electron chi connectivity index (χ4n) is 2.74. The molecule has 1 aromatic heterocycles. The van der Waals surface area contributed by atoms with Crippen molar-refractivity contribution in [2.45, 2.75) is 45.6 Å². The molecule has 0 spiro atoms. The normalized spacial score (nSPS) is 21.4. The monoisotopic (exact) mass is 311 g/mol. The van der Waals surface area contributed by atoms with Crippen molar-refractivity contribution in [3.05, 3.63) is 10.6 Å². The highest BCUT2D eigenvalue weighted by Crippen LogP contribution is 2.35. The van der Waals surface area contributed by atoms with Gasteiger partial charge in [0.05, 0.1) is 5.69 Å². The summed E-state index contributed by atoms with van der Waals surface area (Å²) in [5.74, 6) is -0.872. The molecule has 2 rings (SSSR count). The number of carboxylic acid groups (broad SMARTS) is 1. The SMILES string of the molecule is CC1CN(C)CCCN1c1nc(C(C)(C)C)c(C(=O)O)s1. The number of rotatable bonds is 2. The van der Waals surface area contributed by atoms with E-state index in [-0.39, 0.29) is 5.41 Å². The lowest BCUT2D eigenvalue weighted by atomic mass is 9.91. The number of aromatic carboxylic acids is 1. The fourth-order valence-corrected chi connectivity index (χ4v) is 3.99. The third-order valence-corrected chi connectivity index (χ3v) is 4.89. The summed E-state index contributed by atoms with van der Waals surface area (Å²) in [5, 5.41) is 10.3. The van der Waals surface area contributed by atoms with Crippen LogP contribution in [-0.4, -0.2) is 53.7 Å². The zero-order valence-electron chi connectivity index (χ0n) is 13.5. The second kappa shape index (κ2) is 5.93. The predicted molar refractivity (Wildman–Crippen MR) is 86.7 cm³/mol. The molecule has 21 heavy (non-hydrogen) atoms. The summed E-state index contributed by atoms with van der Waals surface area (Å²) in [7, 11) is 2.13. The van der Waals surface area contributed by atoms with Gasteiger partial charge < -0.3 is 14.9 Å². The zero-order valence-corrected chi connectivity index (χ0v) is 14.3. The van der Waals surface area contributed by atoms with Crippen molar-refractivity contribution < 1.29 is 9.90 Å². The number of likely N-dealkylation sites (N-methyl/N-ethyl adjacent to an activating group) is 1. The average Bonchev–Trinajstić information content (AvgIpc) is 2.72. The van der Waals surface area contributed by atoms with Crippen LogP contribution in [0.5, 0.6) is 0 Å². The Labute approximate surface area is 130 Å². The average molecular weight is 311 g/mol. The number of carboxylic acids is 1. The van der Waals surface area contributed by atoms with Gasteiger partial charge >= 0.3 is 5.97 Å². The number of thiazole rings is 1. The van der Waals surface area contributed by atoms with Crippen molar-refractivity contribution in [1.82, 2.24) is 9.88 Å². The molecule has 0 bridgehead atoms. The highest BCUT2D eigenvalue weighted by Gasteiger charge is 2.30. The third kappa shape index (κ3) is 3.55. The lowest BCUT2D eigenvalue weighted by molar-refractivity contribution is 0.0699. The first-order chi connectivity index (χ1) is 9.70. The molecule has 0 aliphatic carbocycles. The van der Waals surface area contributed by atoms with E-state index in [1.54, 1.807) is 0 Å². The van der Waals surface area contributed by atoms with Crippen molar-refractivity contribution in [2.75, 3.05) is 31.6 Å². The summed E-state index contributed by atoms with van der Waals surface area (Å²) < 4.78 is 0. The van der Waals surface area contributed by atoms with Crippen LogP contribution < -0.4 is 4.90 Å². The first-order valence-corrected chi connectivity index (χ1v) is 8.21. The minimum atomic E-state index is -0.872. The van der Waals surface area contributed by atoms with Gasteiger partial charge in [-0.15, -0.1) is 0 Å². The molecule has 1 saturated heterocycles. The molecule has 118 valence electrons. The molecule has 5 nitrogen and oxygen atoms in total. The van der Waals surface area contributed by atoms with Gasteiger partial charge in [0.1, 0.15) is 4.88 Å². The molecule has 1 unspecified atom stereocenters. The van der Waals surface area contributed by atoms with Crippen molar-refractivity contribution in [1.29, 1.82) is 0 Å². The minimum Gasteiger partial charge on any atom is -0.477 e. The highest BCUT2D eigenvalue weighted by molar-refractivity contribution is 7.17. The van der Waals surface area contributed by atoms with Gasteiger partial charge in [0.2, 0.25) is 0 Å². The highest BCUT2D eigenvalue weighted by atomic mass is 32.1. The standard InChI is InChI=1S/C15H25N3O2S/c1-10-9-17(5)7-6-8-18(10)14-16-12(15(2,3)4)11(21-14)13(19)20/h10H,6-9H2,1-5H3,(H,19,20). The van der Waals surface area contributed by atoms with Gasteiger partial charge in [0.15, 0.2) is 5.13 Å². The Kier molecular flexibility index (Phi) is 4.58. The molecule has 1 aromatic rings. The fraction of sp³-hybridized carbons (Fsp3) is 0.733. The Balaban J connectivity index is 2.38. The second-order valence-electron chi connectivity index (χ2n) is 6.89. The Hall–Kier alpha value is -1.14. The van der Waals surface area contributed by atoms with Gasteiger partial charge in [-0.25, -0.2) is 9.78 Å². The quantitative estimate of drug-likeness (QED) is 0.910. The maximum atomic E-state index is 11.5. The van der Waals surface area contributed by atoms with Gasteiger partial charge in [-0.2, -0.15) is 0 Å². The van der Waals surface area contributed by atoms with Crippen LogP contribution in [0.15, 0.2) is 0 Å². The molecule has 1 fully saturated rings. The van der Waals surface area contributed by atoms with Crippen molar-refractivity contribution >= 4 is 22.4 Å². The summed E-state index contributed by atoms with van der Waals surface area (Å²) in [6.07, 6.45) is 1.08. The largest absolute Gasteiger partial charge is 0.477 e. The smallest absolute Gasteiger partial charge is 0.347 e. The Morgan fingerprint density at radius 2 is 2.05 bits per heavy atom. The lowest BCUT2D eigenvalue weighted by Gasteiger charge is -2.27. The van der Waals surface area contributed by atoms with Crippen LogP contribution in [0.1, 0.15) is 49.5 Å². The molecule has 1 aliphatic heterocycles. The first-order valence-electron chi connectivity index (χ1n) is 7.40. The van der Waals surface area contributed by atoms with Crippen molar-refractivity contribution in [3.8, 4) is 0 Å². The van der Waals surface area contributed by atoms with Crippen LogP contribution in [-0.2, 0) is 5.41 Å². The van der Waals surface area contributed by atoms with Crippen molar-refractivity contribution in [2.24, 2.45) is 0 Å². The molecular weight excluding hydrogens is 286 g/mol. The Bertz CT molecular complexity index is 521. The summed E-state index contributed by atoms with van der Waals surface area (Å²) in [6.45, 7) is 11.2. The molecule has 0 saturated carbocycles. The molecule has 6 heteroatoms. The van der Waals surface area contributed by atoms with Crippen LogP contribution in [0.25, 0.3) is 0 Å². The summed E-state index contributed by atoms with van der Waals surface area (Å²) in [5.41, 5.74) is 0.439. The first kappa shape index (κ1) is 16.2. The minimum absolute atomic E-state index is 0.256. The van der Waals surface area contributed by atoms with Crippen LogP contribution in [0.3, 0.4) is 0 Å². The molecule has 0 amide bonds. The molecule has 0 aromatic carbocycles. The Morgan fingerprint density at radius 3 is 2.57 bits per heavy atom. The van der Waals surface area contributed by atoms with Gasteiger partial charge in [-0.3, -0.25) is 0 Å². The molecule has 2 heterocycles. The summed E-state index contributed by atoms with van der Waals surface area (Å²) in [4.78, 5) is 21.2. The summed E-state index contributed by atoms with van der Waals surface area (Å²) in [6, 6.07) is 0.345. The van der Waals surface area contributed by atoms with E-state index in [2.05, 4.69) is 28.8 Å². The number of hydrogen-bond donors (Lipinski definition) is 1. The maximum absolute atomic E-state index is 11.5. The predicted octanol–water partition coefficient (Wildman–Crippen LogP) is 2.67. The molecule has 1 atom stereocenters. The number of carbonyl (C=O) groups is 1. The van der Waals surface area contributed by atoms with E-state index in [1.165, 1.54) is 11.3 Å². The van der Waals surface area contributed by atoms with Gasteiger partial charge in [0, 0.05) is 24.5 Å². The molecule has 1 N–H and O–H groups in total. The van der Waals surface area contributed by atoms with Gasteiger partial charge in [-0.1, -0.05) is 32.1 Å². The Morgan fingerprint density at radius 1 is 1.38 bits per heavy atom. The number of aromatic nitrogens is 1. The van der Waals surface area contributed by atoms with E-state index in [0.717, 1.165) is 31.2 Å². The molecule has 0 radical (unpaired) electrons.